The molecule has 0 heterocycles. The lowest BCUT2D eigenvalue weighted by atomic mass is 10.2. The number of carbonyl (C=O) groups is 2. The summed E-state index contributed by atoms with van der Waals surface area (Å²) in [5, 5.41) is 8.27. The van der Waals surface area contributed by atoms with Crippen molar-refractivity contribution in [2.75, 3.05) is 13.4 Å². The van der Waals surface area contributed by atoms with Crippen LogP contribution in [0, 0.1) is 0 Å². The molecule has 0 saturated heterocycles. The Balaban J connectivity index is 2.43. The fraction of sp³-hybridized carbons (Fsp3) is 0.200. The third-order valence-corrected chi connectivity index (χ3v) is 1.57. The predicted octanol–water partition coefficient (Wildman–Crippen LogP) is 0.937. The van der Waals surface area contributed by atoms with E-state index in [1.54, 1.807) is 24.3 Å². The van der Waals surface area contributed by atoms with Crippen LogP contribution >= 0.6 is 0 Å². The largest absolute Gasteiger partial charge is 0.480 e. The maximum absolute atomic E-state index is 10.6. The van der Waals surface area contributed by atoms with Gasteiger partial charge in [-0.1, -0.05) is 12.1 Å². The van der Waals surface area contributed by atoms with Crippen LogP contribution in [0.1, 0.15) is 10.4 Å². The van der Waals surface area contributed by atoms with E-state index in [9.17, 15) is 9.59 Å². The van der Waals surface area contributed by atoms with Gasteiger partial charge in [-0.05, 0) is 12.1 Å². The molecule has 15 heavy (non-hydrogen) atoms. The number of hydrogen-bond donors (Lipinski definition) is 1. The first-order chi connectivity index (χ1) is 7.24. The summed E-state index contributed by atoms with van der Waals surface area (Å²) in [6, 6.07) is 6.61. The van der Waals surface area contributed by atoms with Crippen molar-refractivity contribution in [1.29, 1.82) is 0 Å². The minimum absolute atomic E-state index is 0.197. The Bertz CT molecular complexity index is 347. The van der Waals surface area contributed by atoms with E-state index in [2.05, 4.69) is 4.74 Å². The van der Waals surface area contributed by atoms with Crippen molar-refractivity contribution in [2.45, 2.75) is 0 Å². The first-order valence-electron chi connectivity index (χ1n) is 4.20. The van der Waals surface area contributed by atoms with E-state index in [1.807, 2.05) is 0 Å². The van der Waals surface area contributed by atoms with Gasteiger partial charge in [-0.15, -0.1) is 0 Å². The molecular formula is C10H10O5. The summed E-state index contributed by atoms with van der Waals surface area (Å²) in [4.78, 5) is 20.7. The van der Waals surface area contributed by atoms with Gasteiger partial charge in [0.1, 0.15) is 12.4 Å². The summed E-state index contributed by atoms with van der Waals surface area (Å²) in [6.07, 6.45) is 0.659. The van der Waals surface area contributed by atoms with Crippen LogP contribution in [0.3, 0.4) is 0 Å². The van der Waals surface area contributed by atoms with E-state index in [1.165, 1.54) is 0 Å². The number of rotatable bonds is 6. The first kappa shape index (κ1) is 11.2. The molecule has 0 bridgehead atoms. The minimum Gasteiger partial charge on any atom is -0.480 e. The number of carbonyl (C=O) groups excluding carboxylic acids is 1. The smallest absolute Gasteiger partial charge is 0.329 e. The van der Waals surface area contributed by atoms with E-state index in [-0.39, 0.29) is 6.79 Å². The number of carboxylic acids is 1. The number of aliphatic carboxylic acids is 1. The second kappa shape index (κ2) is 5.77. The van der Waals surface area contributed by atoms with Gasteiger partial charge in [0.15, 0.2) is 13.1 Å². The molecule has 1 rings (SSSR count). The van der Waals surface area contributed by atoms with Crippen LogP contribution in [0.25, 0.3) is 0 Å². The molecule has 0 atom stereocenters. The van der Waals surface area contributed by atoms with Gasteiger partial charge in [-0.2, -0.15) is 0 Å². The van der Waals surface area contributed by atoms with E-state index in [0.717, 1.165) is 0 Å². The SMILES string of the molecule is O=Cc1ccccc1OCOCC(=O)O. The molecule has 1 aromatic carbocycles. The Morgan fingerprint density at radius 3 is 2.80 bits per heavy atom. The Morgan fingerprint density at radius 1 is 1.40 bits per heavy atom. The Hall–Kier alpha value is -1.88. The molecule has 0 fully saturated rings. The van der Waals surface area contributed by atoms with Crippen LogP contribution in [0.15, 0.2) is 24.3 Å². The number of ether oxygens (including phenoxy) is 2. The van der Waals surface area contributed by atoms with Crippen molar-refractivity contribution in [3.63, 3.8) is 0 Å². The molecular weight excluding hydrogens is 200 g/mol. The molecule has 0 radical (unpaired) electrons. The van der Waals surface area contributed by atoms with E-state index < -0.39 is 12.6 Å². The summed E-state index contributed by atoms with van der Waals surface area (Å²) >= 11 is 0. The topological polar surface area (TPSA) is 72.8 Å². The van der Waals surface area contributed by atoms with Crippen molar-refractivity contribution in [3.05, 3.63) is 29.8 Å². The van der Waals surface area contributed by atoms with Crippen LogP contribution in [0.2, 0.25) is 0 Å². The number of carboxylic acid groups (broad SMARTS) is 1. The fourth-order valence-corrected chi connectivity index (χ4v) is 0.943. The standard InChI is InChI=1S/C10H10O5/c11-5-8-3-1-2-4-9(8)15-7-14-6-10(12)13/h1-5H,6-7H2,(H,12,13). The quantitative estimate of drug-likeness (QED) is 0.429. The van der Waals surface area contributed by atoms with E-state index in [4.69, 9.17) is 9.84 Å². The third-order valence-electron chi connectivity index (χ3n) is 1.57. The number of hydrogen-bond acceptors (Lipinski definition) is 4. The fourth-order valence-electron chi connectivity index (χ4n) is 0.943. The summed E-state index contributed by atoms with van der Waals surface area (Å²) in [6.45, 7) is -0.625. The van der Waals surface area contributed by atoms with Crippen molar-refractivity contribution < 1.29 is 24.2 Å². The molecule has 1 aromatic rings. The lowest BCUT2D eigenvalue weighted by Gasteiger charge is -2.07. The van der Waals surface area contributed by atoms with Gasteiger partial charge in [0, 0.05) is 0 Å². The van der Waals surface area contributed by atoms with Crippen molar-refractivity contribution in [3.8, 4) is 5.75 Å². The maximum atomic E-state index is 10.6. The van der Waals surface area contributed by atoms with Crippen LogP contribution in [-0.2, 0) is 9.53 Å². The second-order valence-electron chi connectivity index (χ2n) is 2.66. The lowest BCUT2D eigenvalue weighted by molar-refractivity contribution is -0.144. The molecule has 0 aliphatic carbocycles. The highest BCUT2D eigenvalue weighted by atomic mass is 16.7. The summed E-state index contributed by atoms with van der Waals surface area (Å²) in [5.41, 5.74) is 0.399. The van der Waals surface area contributed by atoms with Gasteiger partial charge in [0.25, 0.3) is 0 Å². The minimum atomic E-state index is -1.07. The average molecular weight is 210 g/mol. The van der Waals surface area contributed by atoms with Crippen LogP contribution < -0.4 is 4.74 Å². The van der Waals surface area contributed by atoms with Gasteiger partial charge in [0.2, 0.25) is 0 Å². The maximum Gasteiger partial charge on any atom is 0.329 e. The highest BCUT2D eigenvalue weighted by molar-refractivity contribution is 5.79. The summed E-state index contributed by atoms with van der Waals surface area (Å²) in [5.74, 6) is -0.694. The van der Waals surface area contributed by atoms with Gasteiger partial charge >= 0.3 is 5.97 Å². The highest BCUT2D eigenvalue weighted by Gasteiger charge is 2.01. The second-order valence-corrected chi connectivity index (χ2v) is 2.66. The zero-order valence-electron chi connectivity index (χ0n) is 7.88. The van der Waals surface area contributed by atoms with Crippen LogP contribution in [0.5, 0.6) is 5.75 Å². The van der Waals surface area contributed by atoms with E-state index in [0.29, 0.717) is 17.6 Å². The highest BCUT2D eigenvalue weighted by Crippen LogP contribution is 2.15. The Morgan fingerprint density at radius 2 is 2.13 bits per heavy atom. The van der Waals surface area contributed by atoms with Crippen molar-refractivity contribution in [2.24, 2.45) is 0 Å². The zero-order valence-corrected chi connectivity index (χ0v) is 7.88. The van der Waals surface area contributed by atoms with E-state index >= 15 is 0 Å². The number of aldehydes is 1. The van der Waals surface area contributed by atoms with Gasteiger partial charge in [-0.3, -0.25) is 4.79 Å². The van der Waals surface area contributed by atoms with Gasteiger partial charge < -0.3 is 14.6 Å². The molecule has 0 aliphatic heterocycles. The molecule has 80 valence electrons. The molecule has 0 unspecified atom stereocenters. The average Bonchev–Trinajstić information content (AvgIpc) is 2.24. The molecule has 0 aromatic heterocycles. The zero-order chi connectivity index (χ0) is 11.1. The van der Waals surface area contributed by atoms with Gasteiger partial charge in [0.05, 0.1) is 5.56 Å². The number of benzene rings is 1. The Kier molecular flexibility index (Phi) is 4.30. The molecule has 0 aliphatic rings. The molecule has 0 amide bonds. The third kappa shape index (κ3) is 3.78. The molecule has 0 saturated carbocycles. The monoisotopic (exact) mass is 210 g/mol. The predicted molar refractivity (Wildman–Crippen MR) is 50.9 cm³/mol. The summed E-state index contributed by atoms with van der Waals surface area (Å²) < 4.78 is 9.72. The number of para-hydroxylation sites is 1. The molecule has 0 spiro atoms. The molecule has 5 nitrogen and oxygen atoms in total. The summed E-state index contributed by atoms with van der Waals surface area (Å²) in [7, 11) is 0. The normalized spacial score (nSPS) is 9.60. The van der Waals surface area contributed by atoms with Crippen molar-refractivity contribution >= 4 is 12.3 Å². The van der Waals surface area contributed by atoms with Gasteiger partial charge in [-0.25, -0.2) is 4.79 Å². The first-order valence-corrected chi connectivity index (χ1v) is 4.20. The molecule has 5 heteroatoms. The lowest BCUT2D eigenvalue weighted by Crippen LogP contribution is -2.11. The van der Waals surface area contributed by atoms with Crippen LogP contribution in [-0.4, -0.2) is 30.8 Å². The molecule has 1 N–H and O–H groups in total. The van der Waals surface area contributed by atoms with Crippen LogP contribution in [0.4, 0.5) is 0 Å². The van der Waals surface area contributed by atoms with Crippen molar-refractivity contribution in [1.82, 2.24) is 0 Å². The Labute approximate surface area is 86.2 Å².